The van der Waals surface area contributed by atoms with Gasteiger partial charge in [0.25, 0.3) is 0 Å². The Bertz CT molecular complexity index is 421. The molecule has 0 bridgehead atoms. The zero-order valence-corrected chi connectivity index (χ0v) is 7.29. The fourth-order valence-electron chi connectivity index (χ4n) is 1.02. The highest BCUT2D eigenvalue weighted by atomic mass is 16.4. The van der Waals surface area contributed by atoms with Gasteiger partial charge in [0.2, 0.25) is 0 Å². The Labute approximate surface area is 80.6 Å². The Morgan fingerprint density at radius 3 is 3.00 bits per heavy atom. The average Bonchev–Trinajstić information content (AvgIpc) is 2.72. The number of nitrogens with zero attached hydrogens (tertiary/aromatic N) is 2. The molecule has 0 unspecified atom stereocenters. The first kappa shape index (κ1) is 8.50. The Morgan fingerprint density at radius 2 is 2.36 bits per heavy atom. The molecule has 0 aliphatic heterocycles. The predicted octanol–water partition coefficient (Wildman–Crippen LogP) is 2.13. The molecular formula is C10H8N2O2. The fourth-order valence-corrected chi connectivity index (χ4v) is 1.02. The van der Waals surface area contributed by atoms with E-state index in [-0.39, 0.29) is 5.76 Å². The molecule has 0 amide bonds. The van der Waals surface area contributed by atoms with E-state index in [1.807, 2.05) is 0 Å². The molecule has 2 heterocycles. The largest absolute Gasteiger partial charge is 0.504 e. The zero-order valence-electron chi connectivity index (χ0n) is 7.29. The van der Waals surface area contributed by atoms with Gasteiger partial charge in [-0.05, 0) is 18.2 Å². The second-order valence-corrected chi connectivity index (χ2v) is 2.64. The molecule has 0 saturated heterocycles. The molecule has 2 rings (SSSR count). The first-order valence-electron chi connectivity index (χ1n) is 4.07. The normalized spacial score (nSPS) is 11.6. The summed E-state index contributed by atoms with van der Waals surface area (Å²) in [5.41, 5.74) is 0.633. The number of aromatic nitrogens is 2. The smallest absolute Gasteiger partial charge is 0.168 e. The first-order chi connectivity index (χ1) is 6.86. The van der Waals surface area contributed by atoms with E-state index >= 15 is 0 Å². The Kier molecular flexibility index (Phi) is 2.27. The Hall–Kier alpha value is -2.10. The number of furan rings is 1. The van der Waals surface area contributed by atoms with Crippen LogP contribution in [0.1, 0.15) is 11.5 Å². The van der Waals surface area contributed by atoms with Crippen LogP contribution in [0, 0.1) is 0 Å². The van der Waals surface area contributed by atoms with Crippen LogP contribution in [0.2, 0.25) is 0 Å². The van der Waals surface area contributed by atoms with E-state index in [9.17, 15) is 5.11 Å². The summed E-state index contributed by atoms with van der Waals surface area (Å²) in [5.74, 6) is 0.470. The number of rotatable bonds is 2. The van der Waals surface area contributed by atoms with Crippen molar-refractivity contribution in [3.8, 4) is 0 Å². The fraction of sp³-hybridized carbons (Fsp3) is 0. The number of hydrogen-bond donors (Lipinski definition) is 1. The van der Waals surface area contributed by atoms with E-state index in [1.165, 1.54) is 18.7 Å². The van der Waals surface area contributed by atoms with Gasteiger partial charge in [0.1, 0.15) is 6.33 Å². The maximum absolute atomic E-state index is 9.57. The quantitative estimate of drug-likeness (QED) is 0.733. The van der Waals surface area contributed by atoms with Gasteiger partial charge in [0.05, 0.1) is 12.0 Å². The molecule has 0 spiro atoms. The number of aliphatic hydroxyl groups is 1. The summed E-state index contributed by atoms with van der Waals surface area (Å²) < 4.78 is 5.01. The molecule has 14 heavy (non-hydrogen) atoms. The summed E-state index contributed by atoms with van der Waals surface area (Å²) in [7, 11) is 0. The van der Waals surface area contributed by atoms with Gasteiger partial charge >= 0.3 is 0 Å². The Balaban J connectivity index is 2.28. The summed E-state index contributed by atoms with van der Waals surface area (Å²) in [6.07, 6.45) is 6.04. The van der Waals surface area contributed by atoms with Crippen molar-refractivity contribution in [3.05, 3.63) is 48.4 Å². The molecule has 0 radical (unpaired) electrons. The Morgan fingerprint density at radius 1 is 1.43 bits per heavy atom. The molecule has 70 valence electrons. The van der Waals surface area contributed by atoms with Crippen LogP contribution in [0.15, 0.2) is 41.4 Å². The van der Waals surface area contributed by atoms with E-state index in [1.54, 1.807) is 24.4 Å². The molecule has 4 heteroatoms. The summed E-state index contributed by atoms with van der Waals surface area (Å²) in [5, 5.41) is 9.57. The van der Waals surface area contributed by atoms with Gasteiger partial charge in [-0.15, -0.1) is 0 Å². The van der Waals surface area contributed by atoms with Gasteiger partial charge < -0.3 is 9.52 Å². The molecule has 2 aromatic heterocycles. The highest BCUT2D eigenvalue weighted by Crippen LogP contribution is 2.13. The average molecular weight is 188 g/mol. The maximum atomic E-state index is 9.57. The van der Waals surface area contributed by atoms with Crippen LogP contribution in [-0.2, 0) is 0 Å². The second kappa shape index (κ2) is 3.74. The third-order valence-electron chi connectivity index (χ3n) is 1.66. The van der Waals surface area contributed by atoms with Crippen molar-refractivity contribution in [1.29, 1.82) is 0 Å². The zero-order chi connectivity index (χ0) is 9.80. The lowest BCUT2D eigenvalue weighted by atomic mass is 10.3. The van der Waals surface area contributed by atoms with E-state index < -0.39 is 0 Å². The number of hydrogen-bond acceptors (Lipinski definition) is 4. The molecule has 0 saturated carbocycles. The lowest BCUT2D eigenvalue weighted by Crippen LogP contribution is -1.83. The summed E-state index contributed by atoms with van der Waals surface area (Å²) in [6.45, 7) is 0. The SMILES string of the molecule is O/C(=C/c1ccncn1)c1ccco1. The van der Waals surface area contributed by atoms with Gasteiger partial charge in [-0.2, -0.15) is 0 Å². The van der Waals surface area contributed by atoms with E-state index in [2.05, 4.69) is 9.97 Å². The molecule has 2 aromatic rings. The lowest BCUT2D eigenvalue weighted by Gasteiger charge is -1.94. The lowest BCUT2D eigenvalue weighted by molar-refractivity contribution is 0.462. The second-order valence-electron chi connectivity index (χ2n) is 2.64. The highest BCUT2D eigenvalue weighted by Gasteiger charge is 2.01. The molecule has 4 nitrogen and oxygen atoms in total. The van der Waals surface area contributed by atoms with Crippen LogP contribution < -0.4 is 0 Å². The minimum absolute atomic E-state index is 0.0497. The van der Waals surface area contributed by atoms with Crippen molar-refractivity contribution in [1.82, 2.24) is 9.97 Å². The topological polar surface area (TPSA) is 59.2 Å². The molecule has 0 aliphatic carbocycles. The number of aliphatic hydroxyl groups excluding tert-OH is 1. The third kappa shape index (κ3) is 1.80. The van der Waals surface area contributed by atoms with Crippen LogP contribution >= 0.6 is 0 Å². The molecule has 1 N–H and O–H groups in total. The van der Waals surface area contributed by atoms with Crippen LogP contribution in [0.4, 0.5) is 0 Å². The monoisotopic (exact) mass is 188 g/mol. The minimum atomic E-state index is 0.0497. The van der Waals surface area contributed by atoms with Crippen molar-refractivity contribution in [3.63, 3.8) is 0 Å². The van der Waals surface area contributed by atoms with E-state index in [0.717, 1.165) is 0 Å². The standard InChI is InChI=1S/C10H8N2O2/c13-9(10-2-1-5-14-10)6-8-3-4-11-7-12-8/h1-7,13H/b9-6+. The van der Waals surface area contributed by atoms with Gasteiger partial charge in [-0.25, -0.2) is 9.97 Å². The van der Waals surface area contributed by atoms with E-state index in [4.69, 9.17) is 4.42 Å². The highest BCUT2D eigenvalue weighted by molar-refractivity contribution is 5.72. The molecule has 0 fully saturated rings. The molecule has 0 aromatic carbocycles. The van der Waals surface area contributed by atoms with Crippen LogP contribution in [0.25, 0.3) is 11.8 Å². The van der Waals surface area contributed by atoms with Gasteiger partial charge in [-0.1, -0.05) is 0 Å². The molecule has 0 aliphatic rings. The summed E-state index contributed by atoms with van der Waals surface area (Å²) in [4.78, 5) is 7.71. The van der Waals surface area contributed by atoms with Crippen LogP contribution in [0.3, 0.4) is 0 Å². The van der Waals surface area contributed by atoms with Crippen molar-refractivity contribution in [2.45, 2.75) is 0 Å². The maximum Gasteiger partial charge on any atom is 0.168 e. The predicted molar refractivity (Wildman–Crippen MR) is 51.2 cm³/mol. The summed E-state index contributed by atoms with van der Waals surface area (Å²) >= 11 is 0. The minimum Gasteiger partial charge on any atom is -0.504 e. The van der Waals surface area contributed by atoms with Gasteiger partial charge in [0, 0.05) is 12.3 Å². The first-order valence-corrected chi connectivity index (χ1v) is 4.07. The van der Waals surface area contributed by atoms with E-state index in [0.29, 0.717) is 11.5 Å². The van der Waals surface area contributed by atoms with Crippen molar-refractivity contribution < 1.29 is 9.52 Å². The van der Waals surface area contributed by atoms with Gasteiger partial charge in [0.15, 0.2) is 11.5 Å². The van der Waals surface area contributed by atoms with Crippen molar-refractivity contribution in [2.75, 3.05) is 0 Å². The van der Waals surface area contributed by atoms with Crippen molar-refractivity contribution >= 4 is 11.8 Å². The van der Waals surface area contributed by atoms with Crippen molar-refractivity contribution in [2.24, 2.45) is 0 Å². The van der Waals surface area contributed by atoms with Crippen LogP contribution in [-0.4, -0.2) is 15.1 Å². The van der Waals surface area contributed by atoms with Crippen LogP contribution in [0.5, 0.6) is 0 Å². The molecule has 0 atom stereocenters. The third-order valence-corrected chi connectivity index (χ3v) is 1.66. The summed E-state index contributed by atoms with van der Waals surface area (Å²) in [6, 6.07) is 5.07. The molecular weight excluding hydrogens is 180 g/mol. The van der Waals surface area contributed by atoms with Gasteiger partial charge in [-0.3, -0.25) is 0 Å².